The summed E-state index contributed by atoms with van der Waals surface area (Å²) in [6.45, 7) is 1.14. The van der Waals surface area contributed by atoms with Crippen LogP contribution >= 0.6 is 11.8 Å². The van der Waals surface area contributed by atoms with E-state index in [4.69, 9.17) is 0 Å². The molecule has 21 heavy (non-hydrogen) atoms. The highest BCUT2D eigenvalue weighted by atomic mass is 32.2. The second-order valence-corrected chi connectivity index (χ2v) is 9.71. The number of rotatable bonds is 6. The minimum atomic E-state index is -3.11. The minimum absolute atomic E-state index is 0.216. The van der Waals surface area contributed by atoms with Crippen LogP contribution in [-0.2, 0) is 14.8 Å². The summed E-state index contributed by atoms with van der Waals surface area (Å²) < 4.78 is 24.7. The summed E-state index contributed by atoms with van der Waals surface area (Å²) in [6.07, 6.45) is 10.1. The molecular formula is C15H27NO3S2. The molecular weight excluding hydrogens is 306 g/mol. The number of hydrogen-bond acceptors (Lipinski definition) is 4. The van der Waals surface area contributed by atoms with Gasteiger partial charge in [0.05, 0.1) is 12.0 Å². The summed E-state index contributed by atoms with van der Waals surface area (Å²) in [7, 11) is -3.11. The lowest BCUT2D eigenvalue weighted by atomic mass is 9.94. The van der Waals surface area contributed by atoms with Gasteiger partial charge in [-0.25, -0.2) is 12.7 Å². The molecule has 0 bridgehead atoms. The molecule has 2 fully saturated rings. The molecule has 1 aliphatic carbocycles. The van der Waals surface area contributed by atoms with Gasteiger partial charge in [0.25, 0.3) is 0 Å². The number of carbonyl (C=O) groups is 1. The van der Waals surface area contributed by atoms with E-state index in [1.54, 1.807) is 0 Å². The van der Waals surface area contributed by atoms with Gasteiger partial charge in [-0.1, -0.05) is 19.3 Å². The molecule has 0 aromatic carbocycles. The van der Waals surface area contributed by atoms with Gasteiger partial charge in [0.15, 0.2) is 0 Å². The van der Waals surface area contributed by atoms with E-state index in [1.807, 2.05) is 11.8 Å². The van der Waals surface area contributed by atoms with Gasteiger partial charge >= 0.3 is 0 Å². The third kappa shape index (κ3) is 5.91. The van der Waals surface area contributed by atoms with Crippen LogP contribution in [0.2, 0.25) is 0 Å². The van der Waals surface area contributed by atoms with Gasteiger partial charge < -0.3 is 0 Å². The minimum Gasteiger partial charge on any atom is -0.299 e. The highest BCUT2D eigenvalue weighted by Crippen LogP contribution is 2.29. The molecule has 0 spiro atoms. The Morgan fingerprint density at radius 1 is 1.14 bits per heavy atom. The maximum Gasteiger partial charge on any atom is 0.211 e. The van der Waals surface area contributed by atoms with Crippen molar-refractivity contribution in [3.63, 3.8) is 0 Å². The SMILES string of the molecule is CS(=O)(=O)N1CCCC(CC(=O)CSC2CCCCC2)C1. The largest absolute Gasteiger partial charge is 0.299 e. The van der Waals surface area contributed by atoms with Gasteiger partial charge in [0, 0.05) is 24.8 Å². The lowest BCUT2D eigenvalue weighted by Gasteiger charge is -2.30. The first-order valence-electron chi connectivity index (χ1n) is 8.03. The van der Waals surface area contributed by atoms with Crippen LogP contribution < -0.4 is 0 Å². The number of hydrogen-bond donors (Lipinski definition) is 0. The molecule has 0 radical (unpaired) electrons. The molecule has 122 valence electrons. The van der Waals surface area contributed by atoms with Crippen molar-refractivity contribution in [1.82, 2.24) is 4.31 Å². The van der Waals surface area contributed by atoms with Crippen molar-refractivity contribution in [3.05, 3.63) is 0 Å². The summed E-state index contributed by atoms with van der Waals surface area (Å²) in [6, 6.07) is 0. The molecule has 0 aromatic heterocycles. The van der Waals surface area contributed by atoms with E-state index in [0.717, 1.165) is 12.8 Å². The Bertz CT molecular complexity index is 444. The Labute approximate surface area is 133 Å². The Balaban J connectivity index is 1.71. The molecule has 1 aliphatic heterocycles. The Kier molecular flexibility index (Phi) is 6.56. The van der Waals surface area contributed by atoms with Crippen molar-refractivity contribution >= 4 is 27.6 Å². The Morgan fingerprint density at radius 2 is 1.86 bits per heavy atom. The maximum absolute atomic E-state index is 12.1. The number of Topliss-reactive ketones (excluding diaryl/α,β-unsaturated/α-hetero) is 1. The van der Waals surface area contributed by atoms with E-state index in [1.165, 1.54) is 42.7 Å². The van der Waals surface area contributed by atoms with E-state index in [2.05, 4.69) is 0 Å². The van der Waals surface area contributed by atoms with Gasteiger partial charge in [-0.05, 0) is 31.6 Å². The van der Waals surface area contributed by atoms with Crippen molar-refractivity contribution in [2.75, 3.05) is 25.1 Å². The zero-order valence-electron chi connectivity index (χ0n) is 12.9. The number of thioether (sulfide) groups is 1. The van der Waals surface area contributed by atoms with E-state index < -0.39 is 10.0 Å². The standard InChI is InChI=1S/C15H27NO3S2/c1-21(18,19)16-9-5-6-13(11-16)10-14(17)12-20-15-7-3-2-4-8-15/h13,15H,2-12H2,1H3. The molecule has 1 saturated carbocycles. The van der Waals surface area contributed by atoms with Crippen molar-refractivity contribution in [2.24, 2.45) is 5.92 Å². The highest BCUT2D eigenvalue weighted by Gasteiger charge is 2.27. The fraction of sp³-hybridized carbons (Fsp3) is 0.933. The first-order valence-corrected chi connectivity index (χ1v) is 10.9. The molecule has 1 saturated heterocycles. The quantitative estimate of drug-likeness (QED) is 0.750. The molecule has 0 aromatic rings. The van der Waals surface area contributed by atoms with Crippen molar-refractivity contribution < 1.29 is 13.2 Å². The van der Waals surface area contributed by atoms with Crippen LogP contribution in [-0.4, -0.2) is 48.9 Å². The summed E-state index contributed by atoms with van der Waals surface area (Å²) in [4.78, 5) is 12.1. The lowest BCUT2D eigenvalue weighted by Crippen LogP contribution is -2.39. The molecule has 6 heteroatoms. The van der Waals surface area contributed by atoms with Gasteiger partial charge in [0.1, 0.15) is 5.78 Å². The van der Waals surface area contributed by atoms with Crippen molar-refractivity contribution in [3.8, 4) is 0 Å². The molecule has 2 aliphatic rings. The number of carbonyl (C=O) groups excluding carboxylic acids is 1. The van der Waals surface area contributed by atoms with Crippen molar-refractivity contribution in [1.29, 1.82) is 0 Å². The maximum atomic E-state index is 12.1. The van der Waals surface area contributed by atoms with E-state index in [-0.39, 0.29) is 5.92 Å². The van der Waals surface area contributed by atoms with Crippen LogP contribution in [0, 0.1) is 5.92 Å². The second-order valence-electron chi connectivity index (χ2n) is 6.44. The number of nitrogens with zero attached hydrogens (tertiary/aromatic N) is 1. The lowest BCUT2D eigenvalue weighted by molar-refractivity contribution is -0.117. The smallest absolute Gasteiger partial charge is 0.211 e. The predicted molar refractivity (Wildman–Crippen MR) is 88.1 cm³/mol. The molecule has 2 rings (SSSR count). The van der Waals surface area contributed by atoms with Gasteiger partial charge in [0.2, 0.25) is 10.0 Å². The third-order valence-corrected chi connectivity index (χ3v) is 7.20. The summed E-state index contributed by atoms with van der Waals surface area (Å²) in [5, 5.41) is 0.668. The summed E-state index contributed by atoms with van der Waals surface area (Å²) in [5.41, 5.74) is 0. The topological polar surface area (TPSA) is 54.5 Å². The van der Waals surface area contributed by atoms with E-state index >= 15 is 0 Å². The first kappa shape index (κ1) is 17.3. The Morgan fingerprint density at radius 3 is 2.52 bits per heavy atom. The average molecular weight is 334 g/mol. The van der Waals surface area contributed by atoms with E-state index in [0.29, 0.717) is 36.3 Å². The fourth-order valence-electron chi connectivity index (χ4n) is 3.32. The number of piperidine rings is 1. The molecule has 1 heterocycles. The molecule has 0 amide bonds. The van der Waals surface area contributed by atoms with Crippen LogP contribution in [0.25, 0.3) is 0 Å². The fourth-order valence-corrected chi connectivity index (χ4v) is 5.47. The number of sulfonamides is 1. The van der Waals surface area contributed by atoms with Gasteiger partial charge in [-0.3, -0.25) is 4.79 Å². The van der Waals surface area contributed by atoms with Gasteiger partial charge in [-0.2, -0.15) is 11.8 Å². The summed E-state index contributed by atoms with van der Waals surface area (Å²) >= 11 is 1.82. The molecule has 4 nitrogen and oxygen atoms in total. The third-order valence-electron chi connectivity index (χ3n) is 4.50. The van der Waals surface area contributed by atoms with Gasteiger partial charge in [-0.15, -0.1) is 0 Å². The molecule has 1 unspecified atom stereocenters. The second kappa shape index (κ2) is 7.97. The van der Waals surface area contributed by atoms with Crippen molar-refractivity contribution in [2.45, 2.75) is 56.6 Å². The molecule has 0 N–H and O–H groups in total. The van der Waals surface area contributed by atoms with Crippen LogP contribution in [0.5, 0.6) is 0 Å². The average Bonchev–Trinajstić information content (AvgIpc) is 2.46. The van der Waals surface area contributed by atoms with Crippen LogP contribution in [0.1, 0.15) is 51.4 Å². The van der Waals surface area contributed by atoms with Crippen LogP contribution in [0.3, 0.4) is 0 Å². The summed E-state index contributed by atoms with van der Waals surface area (Å²) in [5.74, 6) is 1.12. The zero-order valence-corrected chi connectivity index (χ0v) is 14.6. The predicted octanol–water partition coefficient (Wildman–Crippen LogP) is 2.68. The van der Waals surface area contributed by atoms with Crippen LogP contribution in [0.4, 0.5) is 0 Å². The van der Waals surface area contributed by atoms with E-state index in [9.17, 15) is 13.2 Å². The zero-order chi connectivity index (χ0) is 15.3. The monoisotopic (exact) mass is 333 g/mol. The highest BCUT2D eigenvalue weighted by molar-refractivity contribution is 8.00. The van der Waals surface area contributed by atoms with Crippen LogP contribution in [0.15, 0.2) is 0 Å². The number of ketones is 1. The normalized spacial score (nSPS) is 25.9. The first-order chi connectivity index (χ1) is 9.95. The molecule has 1 atom stereocenters. The Hall–Kier alpha value is -0.0700.